The van der Waals surface area contributed by atoms with Crippen LogP contribution >= 0.6 is 0 Å². The molecule has 1 saturated heterocycles. The van der Waals surface area contributed by atoms with Gasteiger partial charge in [0.25, 0.3) is 5.91 Å². The van der Waals surface area contributed by atoms with Gasteiger partial charge in [0.15, 0.2) is 0 Å². The van der Waals surface area contributed by atoms with Gasteiger partial charge in [0.05, 0.1) is 0 Å². The van der Waals surface area contributed by atoms with E-state index in [4.69, 9.17) is 0 Å². The van der Waals surface area contributed by atoms with Gasteiger partial charge in [0, 0.05) is 30.9 Å². The number of hydrogen-bond donors (Lipinski definition) is 1. The second-order valence-electron chi connectivity index (χ2n) is 6.15. The Morgan fingerprint density at radius 3 is 2.70 bits per heavy atom. The Balaban J connectivity index is 2.28. The van der Waals surface area contributed by atoms with Gasteiger partial charge in [-0.05, 0) is 44.2 Å². The van der Waals surface area contributed by atoms with Crippen LogP contribution in [0.25, 0.3) is 0 Å². The van der Waals surface area contributed by atoms with Crippen molar-refractivity contribution in [1.82, 2.24) is 9.88 Å². The molecule has 1 amide bonds. The SMILES string of the molecule is CNc1cc(C(=O)N2CC(C)CC(C)C2C)cc(C)n1. The second-order valence-corrected chi connectivity index (χ2v) is 6.15. The van der Waals surface area contributed by atoms with Crippen LogP contribution in [0.3, 0.4) is 0 Å². The standard InChI is InChI=1S/C16H25N3O/c1-10-6-11(2)13(4)19(9-10)16(20)14-7-12(3)18-15(8-14)17-5/h7-8,10-11,13H,6,9H2,1-5H3,(H,17,18). The lowest BCUT2D eigenvalue weighted by molar-refractivity contribution is 0.0455. The van der Waals surface area contributed by atoms with Gasteiger partial charge < -0.3 is 10.2 Å². The van der Waals surface area contributed by atoms with E-state index >= 15 is 0 Å². The highest BCUT2D eigenvalue weighted by molar-refractivity contribution is 5.95. The minimum Gasteiger partial charge on any atom is -0.373 e. The maximum atomic E-state index is 12.8. The molecule has 0 saturated carbocycles. The monoisotopic (exact) mass is 275 g/mol. The average molecular weight is 275 g/mol. The number of amides is 1. The van der Waals surface area contributed by atoms with Gasteiger partial charge in [-0.2, -0.15) is 0 Å². The van der Waals surface area contributed by atoms with Crippen LogP contribution in [0.1, 0.15) is 43.2 Å². The Hall–Kier alpha value is -1.58. The number of nitrogens with one attached hydrogen (secondary N) is 1. The molecule has 0 aromatic carbocycles. The zero-order chi connectivity index (χ0) is 14.9. The summed E-state index contributed by atoms with van der Waals surface area (Å²) >= 11 is 0. The summed E-state index contributed by atoms with van der Waals surface area (Å²) in [4.78, 5) is 19.2. The molecule has 2 heterocycles. The van der Waals surface area contributed by atoms with Crippen molar-refractivity contribution in [3.05, 3.63) is 23.4 Å². The van der Waals surface area contributed by atoms with Crippen LogP contribution in [0.15, 0.2) is 12.1 Å². The lowest BCUT2D eigenvalue weighted by Crippen LogP contribution is -2.48. The zero-order valence-electron chi connectivity index (χ0n) is 13.1. The summed E-state index contributed by atoms with van der Waals surface area (Å²) in [6, 6.07) is 4.01. The van der Waals surface area contributed by atoms with E-state index in [2.05, 4.69) is 31.1 Å². The number of pyridine rings is 1. The summed E-state index contributed by atoms with van der Waals surface area (Å²) in [6.45, 7) is 9.38. The minimum absolute atomic E-state index is 0.123. The molecule has 1 N–H and O–H groups in total. The van der Waals surface area contributed by atoms with Gasteiger partial charge in [-0.1, -0.05) is 13.8 Å². The molecule has 1 aromatic rings. The molecule has 0 bridgehead atoms. The van der Waals surface area contributed by atoms with Crippen molar-refractivity contribution < 1.29 is 4.79 Å². The first-order valence-corrected chi connectivity index (χ1v) is 7.39. The molecule has 0 aliphatic carbocycles. The molecule has 0 radical (unpaired) electrons. The van der Waals surface area contributed by atoms with Crippen molar-refractivity contribution in [2.24, 2.45) is 11.8 Å². The number of anilines is 1. The van der Waals surface area contributed by atoms with E-state index in [1.807, 2.05) is 31.0 Å². The number of carbonyl (C=O) groups is 1. The van der Waals surface area contributed by atoms with Crippen LogP contribution in [0.2, 0.25) is 0 Å². The van der Waals surface area contributed by atoms with Gasteiger partial charge in [0.2, 0.25) is 0 Å². The predicted octanol–water partition coefficient (Wildman–Crippen LogP) is 2.94. The normalized spacial score (nSPS) is 26.4. The quantitative estimate of drug-likeness (QED) is 0.902. The van der Waals surface area contributed by atoms with E-state index < -0.39 is 0 Å². The number of hydrogen-bond acceptors (Lipinski definition) is 3. The Labute approximate surface area is 121 Å². The summed E-state index contributed by atoms with van der Waals surface area (Å²) < 4.78 is 0. The zero-order valence-corrected chi connectivity index (χ0v) is 13.1. The lowest BCUT2D eigenvalue weighted by atomic mass is 9.85. The summed E-state index contributed by atoms with van der Waals surface area (Å²) in [5, 5.41) is 3.01. The highest BCUT2D eigenvalue weighted by atomic mass is 16.2. The smallest absolute Gasteiger partial charge is 0.254 e. The number of nitrogens with zero attached hydrogens (tertiary/aromatic N) is 2. The third kappa shape index (κ3) is 2.94. The van der Waals surface area contributed by atoms with Gasteiger partial charge in [-0.25, -0.2) is 4.98 Å². The van der Waals surface area contributed by atoms with Crippen molar-refractivity contribution in [3.8, 4) is 0 Å². The number of carbonyl (C=O) groups excluding carboxylic acids is 1. The Bertz CT molecular complexity index is 500. The van der Waals surface area contributed by atoms with Crippen LogP contribution in [0, 0.1) is 18.8 Å². The number of aryl methyl sites for hydroxylation is 1. The largest absolute Gasteiger partial charge is 0.373 e. The van der Waals surface area contributed by atoms with E-state index in [0.29, 0.717) is 17.9 Å². The molecule has 110 valence electrons. The van der Waals surface area contributed by atoms with Gasteiger partial charge in [-0.15, -0.1) is 0 Å². The molecular formula is C16H25N3O. The van der Waals surface area contributed by atoms with Crippen molar-refractivity contribution >= 4 is 11.7 Å². The third-order valence-electron chi connectivity index (χ3n) is 4.32. The summed E-state index contributed by atoms with van der Waals surface area (Å²) in [7, 11) is 1.82. The van der Waals surface area contributed by atoms with Gasteiger partial charge >= 0.3 is 0 Å². The molecule has 1 fully saturated rings. The van der Waals surface area contributed by atoms with Gasteiger partial charge in [0.1, 0.15) is 5.82 Å². The molecule has 3 atom stereocenters. The fourth-order valence-electron chi connectivity index (χ4n) is 3.07. The molecule has 20 heavy (non-hydrogen) atoms. The lowest BCUT2D eigenvalue weighted by Gasteiger charge is -2.41. The predicted molar refractivity (Wildman–Crippen MR) is 82.0 cm³/mol. The molecule has 2 rings (SSSR count). The first-order valence-electron chi connectivity index (χ1n) is 7.39. The maximum absolute atomic E-state index is 12.8. The second kappa shape index (κ2) is 5.81. The topological polar surface area (TPSA) is 45.2 Å². The molecule has 0 spiro atoms. The molecule has 3 unspecified atom stereocenters. The van der Waals surface area contributed by atoms with Crippen LogP contribution in [0.5, 0.6) is 0 Å². The van der Waals surface area contributed by atoms with Crippen molar-refractivity contribution in [1.29, 1.82) is 0 Å². The van der Waals surface area contributed by atoms with Gasteiger partial charge in [-0.3, -0.25) is 4.79 Å². The molecule has 4 nitrogen and oxygen atoms in total. The fourth-order valence-corrected chi connectivity index (χ4v) is 3.07. The van der Waals surface area contributed by atoms with E-state index in [1.165, 1.54) is 6.42 Å². The third-order valence-corrected chi connectivity index (χ3v) is 4.32. The first kappa shape index (κ1) is 14.8. The molecular weight excluding hydrogens is 250 g/mol. The van der Waals surface area contributed by atoms with Crippen molar-refractivity contribution in [2.45, 2.75) is 40.2 Å². The Morgan fingerprint density at radius 2 is 2.05 bits per heavy atom. The molecule has 1 aliphatic heterocycles. The minimum atomic E-state index is 0.123. The van der Waals surface area contributed by atoms with E-state index in [1.54, 1.807) is 0 Å². The van der Waals surface area contributed by atoms with Crippen molar-refractivity contribution in [2.75, 3.05) is 18.9 Å². The Morgan fingerprint density at radius 1 is 1.35 bits per heavy atom. The van der Waals surface area contributed by atoms with E-state index in [0.717, 1.165) is 23.6 Å². The highest BCUT2D eigenvalue weighted by Crippen LogP contribution is 2.28. The number of likely N-dealkylation sites (tertiary alicyclic amines) is 1. The maximum Gasteiger partial charge on any atom is 0.254 e. The van der Waals surface area contributed by atoms with E-state index in [9.17, 15) is 4.79 Å². The molecule has 1 aliphatic rings. The number of piperidine rings is 1. The summed E-state index contributed by atoms with van der Waals surface area (Å²) in [6.07, 6.45) is 1.20. The Kier molecular flexibility index (Phi) is 4.31. The summed E-state index contributed by atoms with van der Waals surface area (Å²) in [5.74, 6) is 1.99. The highest BCUT2D eigenvalue weighted by Gasteiger charge is 2.32. The summed E-state index contributed by atoms with van der Waals surface area (Å²) in [5.41, 5.74) is 1.60. The number of aromatic nitrogens is 1. The van der Waals surface area contributed by atoms with Crippen LogP contribution in [-0.2, 0) is 0 Å². The van der Waals surface area contributed by atoms with Crippen LogP contribution in [0.4, 0.5) is 5.82 Å². The van der Waals surface area contributed by atoms with Crippen LogP contribution in [-0.4, -0.2) is 35.4 Å². The average Bonchev–Trinajstić information content (AvgIpc) is 2.41. The molecule has 1 aromatic heterocycles. The number of rotatable bonds is 2. The van der Waals surface area contributed by atoms with Crippen LogP contribution < -0.4 is 5.32 Å². The van der Waals surface area contributed by atoms with E-state index in [-0.39, 0.29) is 5.91 Å². The molecule has 4 heteroatoms. The fraction of sp³-hybridized carbons (Fsp3) is 0.625. The first-order chi connectivity index (χ1) is 9.42. The van der Waals surface area contributed by atoms with Crippen molar-refractivity contribution in [3.63, 3.8) is 0 Å².